The number of H-pyrrole nitrogens is 1. The molecular weight excluding hydrogens is 390 g/mol. The highest BCUT2D eigenvalue weighted by Crippen LogP contribution is 2.27. The summed E-state index contributed by atoms with van der Waals surface area (Å²) in [5.41, 5.74) is -0.615. The number of piperidine rings is 1. The van der Waals surface area contributed by atoms with Gasteiger partial charge in [0.05, 0.1) is 19.8 Å². The Morgan fingerprint density at radius 2 is 1.80 bits per heavy atom. The fourth-order valence-corrected chi connectivity index (χ4v) is 3.76. The predicted octanol–water partition coefficient (Wildman–Crippen LogP) is 1.48. The van der Waals surface area contributed by atoms with E-state index in [1.165, 1.54) is 7.11 Å². The SMILES string of the molecule is COc1ccc(CCn2c(=O)[nH]c(C(=O)O)c(CN3CCCCC3)c2=O)cc1OC. The van der Waals surface area contributed by atoms with Crippen molar-refractivity contribution in [3.8, 4) is 11.5 Å². The lowest BCUT2D eigenvalue weighted by Crippen LogP contribution is -2.42. The molecule has 3 rings (SSSR count). The van der Waals surface area contributed by atoms with Crippen LogP contribution in [0.25, 0.3) is 0 Å². The smallest absolute Gasteiger partial charge is 0.352 e. The van der Waals surface area contributed by atoms with Crippen molar-refractivity contribution in [1.29, 1.82) is 0 Å². The van der Waals surface area contributed by atoms with Gasteiger partial charge in [-0.3, -0.25) is 14.3 Å². The van der Waals surface area contributed by atoms with Crippen molar-refractivity contribution in [2.45, 2.75) is 38.8 Å². The third-order valence-electron chi connectivity index (χ3n) is 5.40. The molecule has 9 nitrogen and oxygen atoms in total. The molecule has 2 aromatic rings. The number of aromatic nitrogens is 2. The molecule has 162 valence electrons. The minimum Gasteiger partial charge on any atom is -0.493 e. The van der Waals surface area contributed by atoms with Crippen molar-refractivity contribution in [2.24, 2.45) is 0 Å². The van der Waals surface area contributed by atoms with Crippen molar-refractivity contribution < 1.29 is 19.4 Å². The number of nitrogens with zero attached hydrogens (tertiary/aromatic N) is 2. The zero-order valence-corrected chi connectivity index (χ0v) is 17.3. The van der Waals surface area contributed by atoms with E-state index < -0.39 is 17.2 Å². The molecule has 9 heteroatoms. The van der Waals surface area contributed by atoms with Crippen molar-refractivity contribution >= 4 is 5.97 Å². The number of likely N-dealkylation sites (tertiary alicyclic amines) is 1. The molecule has 1 aromatic heterocycles. The van der Waals surface area contributed by atoms with Gasteiger partial charge in [0.15, 0.2) is 11.5 Å². The van der Waals surface area contributed by atoms with Crippen LogP contribution < -0.4 is 20.7 Å². The van der Waals surface area contributed by atoms with Crippen LogP contribution in [0.4, 0.5) is 0 Å². The van der Waals surface area contributed by atoms with Gasteiger partial charge in [-0.2, -0.15) is 0 Å². The van der Waals surface area contributed by atoms with Crippen LogP contribution in [0.2, 0.25) is 0 Å². The first-order valence-corrected chi connectivity index (χ1v) is 9.97. The molecule has 0 radical (unpaired) electrons. The van der Waals surface area contributed by atoms with Crippen LogP contribution in [-0.4, -0.2) is 52.8 Å². The topological polar surface area (TPSA) is 114 Å². The summed E-state index contributed by atoms with van der Waals surface area (Å²) in [7, 11) is 3.08. The van der Waals surface area contributed by atoms with E-state index in [1.54, 1.807) is 19.2 Å². The summed E-state index contributed by atoms with van der Waals surface area (Å²) in [6.07, 6.45) is 3.56. The highest BCUT2D eigenvalue weighted by molar-refractivity contribution is 5.86. The number of aromatic carboxylic acids is 1. The molecule has 30 heavy (non-hydrogen) atoms. The van der Waals surface area contributed by atoms with Crippen LogP contribution in [0.15, 0.2) is 27.8 Å². The van der Waals surface area contributed by atoms with Gasteiger partial charge in [-0.25, -0.2) is 9.59 Å². The van der Waals surface area contributed by atoms with E-state index in [0.29, 0.717) is 17.9 Å². The van der Waals surface area contributed by atoms with E-state index in [1.807, 2.05) is 6.07 Å². The number of hydrogen-bond acceptors (Lipinski definition) is 6. The number of nitrogens with one attached hydrogen (secondary N) is 1. The lowest BCUT2D eigenvalue weighted by Gasteiger charge is -2.26. The number of ether oxygens (including phenoxy) is 2. The van der Waals surface area contributed by atoms with Gasteiger partial charge in [0, 0.05) is 13.1 Å². The lowest BCUT2D eigenvalue weighted by atomic mass is 10.1. The molecule has 0 aliphatic carbocycles. The molecule has 0 unspecified atom stereocenters. The minimum absolute atomic E-state index is 0.122. The molecule has 1 saturated heterocycles. The van der Waals surface area contributed by atoms with Crippen molar-refractivity contribution in [3.63, 3.8) is 0 Å². The Kier molecular flexibility index (Phi) is 6.94. The third kappa shape index (κ3) is 4.73. The molecule has 0 amide bonds. The van der Waals surface area contributed by atoms with Crippen LogP contribution in [0.1, 0.15) is 40.9 Å². The van der Waals surface area contributed by atoms with E-state index in [4.69, 9.17) is 9.47 Å². The van der Waals surface area contributed by atoms with Gasteiger partial charge >= 0.3 is 11.7 Å². The van der Waals surface area contributed by atoms with Crippen molar-refractivity contribution in [2.75, 3.05) is 27.3 Å². The average molecular weight is 417 g/mol. The van der Waals surface area contributed by atoms with Crippen molar-refractivity contribution in [3.05, 3.63) is 55.9 Å². The number of aromatic amines is 1. The Bertz CT molecular complexity index is 1020. The highest BCUT2D eigenvalue weighted by Gasteiger charge is 2.22. The van der Waals surface area contributed by atoms with Crippen LogP contribution in [0, 0.1) is 0 Å². The third-order valence-corrected chi connectivity index (χ3v) is 5.40. The molecule has 0 atom stereocenters. The Hall–Kier alpha value is -3.07. The fourth-order valence-electron chi connectivity index (χ4n) is 3.76. The summed E-state index contributed by atoms with van der Waals surface area (Å²) >= 11 is 0. The van der Waals surface area contributed by atoms with Gasteiger partial charge in [0.25, 0.3) is 5.56 Å². The van der Waals surface area contributed by atoms with Crippen LogP contribution in [-0.2, 0) is 19.5 Å². The summed E-state index contributed by atoms with van der Waals surface area (Å²) < 4.78 is 11.6. The molecule has 2 N–H and O–H groups in total. The second-order valence-electron chi connectivity index (χ2n) is 7.32. The maximum absolute atomic E-state index is 13.0. The van der Waals surface area contributed by atoms with E-state index in [-0.39, 0.29) is 24.3 Å². The zero-order chi connectivity index (χ0) is 21.7. The molecule has 2 heterocycles. The Morgan fingerprint density at radius 1 is 1.10 bits per heavy atom. The number of carbonyl (C=O) groups is 1. The molecule has 1 fully saturated rings. The molecule has 0 spiro atoms. The minimum atomic E-state index is -1.30. The number of benzene rings is 1. The van der Waals surface area contributed by atoms with E-state index in [0.717, 1.165) is 42.5 Å². The second kappa shape index (κ2) is 9.62. The molecule has 0 bridgehead atoms. The summed E-state index contributed by atoms with van der Waals surface area (Å²) in [5, 5.41) is 9.49. The first kappa shape index (κ1) is 21.6. The average Bonchev–Trinajstić information content (AvgIpc) is 2.75. The number of methoxy groups -OCH3 is 2. The van der Waals surface area contributed by atoms with Gasteiger partial charge in [-0.15, -0.1) is 0 Å². The van der Waals surface area contributed by atoms with Gasteiger partial charge in [-0.1, -0.05) is 12.5 Å². The summed E-state index contributed by atoms with van der Waals surface area (Å²) in [6.45, 7) is 1.96. The maximum atomic E-state index is 13.0. The van der Waals surface area contributed by atoms with E-state index in [9.17, 15) is 19.5 Å². The first-order valence-electron chi connectivity index (χ1n) is 9.97. The molecule has 1 aromatic carbocycles. The van der Waals surface area contributed by atoms with Gasteiger partial charge in [0.2, 0.25) is 0 Å². The number of hydrogen-bond donors (Lipinski definition) is 2. The number of carboxylic acids is 1. The quantitative estimate of drug-likeness (QED) is 0.669. The molecule has 1 aliphatic rings. The summed E-state index contributed by atoms with van der Waals surface area (Å²) in [6, 6.07) is 5.38. The lowest BCUT2D eigenvalue weighted by molar-refractivity contribution is 0.0686. The van der Waals surface area contributed by atoms with E-state index >= 15 is 0 Å². The number of carboxylic acid groups (broad SMARTS) is 1. The van der Waals surface area contributed by atoms with Gasteiger partial charge in [-0.05, 0) is 50.0 Å². The largest absolute Gasteiger partial charge is 0.493 e. The molecule has 0 saturated carbocycles. The first-order chi connectivity index (χ1) is 14.4. The standard InChI is InChI=1S/C21H27N3O6/c1-29-16-7-6-14(12-17(16)30-2)8-11-24-19(25)15(13-23-9-4-3-5-10-23)18(20(26)27)22-21(24)28/h6-7,12H,3-5,8-11,13H2,1-2H3,(H,22,28)(H,26,27). The van der Waals surface area contributed by atoms with Crippen LogP contribution >= 0.6 is 0 Å². The normalized spacial score (nSPS) is 14.5. The van der Waals surface area contributed by atoms with Crippen LogP contribution in [0.5, 0.6) is 11.5 Å². The summed E-state index contributed by atoms with van der Waals surface area (Å²) in [5.74, 6) is -0.155. The Labute approximate surface area is 173 Å². The monoisotopic (exact) mass is 417 g/mol. The predicted molar refractivity (Wildman–Crippen MR) is 111 cm³/mol. The summed E-state index contributed by atoms with van der Waals surface area (Å²) in [4.78, 5) is 41.6. The zero-order valence-electron chi connectivity index (χ0n) is 17.3. The number of rotatable bonds is 8. The number of aryl methyl sites for hydroxylation is 1. The Balaban J connectivity index is 1.89. The fraction of sp³-hybridized carbons (Fsp3) is 0.476. The van der Waals surface area contributed by atoms with Crippen molar-refractivity contribution in [1.82, 2.24) is 14.5 Å². The van der Waals surface area contributed by atoms with E-state index in [2.05, 4.69) is 9.88 Å². The van der Waals surface area contributed by atoms with Crippen LogP contribution in [0.3, 0.4) is 0 Å². The molecular formula is C21H27N3O6. The highest BCUT2D eigenvalue weighted by atomic mass is 16.5. The molecule has 1 aliphatic heterocycles. The van der Waals surface area contributed by atoms with Gasteiger partial charge < -0.3 is 19.6 Å². The maximum Gasteiger partial charge on any atom is 0.352 e. The Morgan fingerprint density at radius 3 is 2.43 bits per heavy atom. The second-order valence-corrected chi connectivity index (χ2v) is 7.32. The van der Waals surface area contributed by atoms with Gasteiger partial charge in [0.1, 0.15) is 5.69 Å².